The third-order valence-corrected chi connectivity index (χ3v) is 6.99. The Hall–Kier alpha value is -3.62. The van der Waals surface area contributed by atoms with Crippen LogP contribution in [-0.2, 0) is 6.54 Å². The van der Waals surface area contributed by atoms with Crippen molar-refractivity contribution in [3.05, 3.63) is 77.6 Å². The molecule has 7 nitrogen and oxygen atoms in total. The Morgan fingerprint density at radius 3 is 2.53 bits per heavy atom. The van der Waals surface area contributed by atoms with Gasteiger partial charge in [0.2, 0.25) is 0 Å². The first-order valence-electron chi connectivity index (χ1n) is 11.4. The maximum atomic E-state index is 5.42. The Bertz CT molecular complexity index is 1410. The minimum absolute atomic E-state index is 0.670. The second-order valence-electron chi connectivity index (χ2n) is 8.48. The predicted octanol–water partition coefficient (Wildman–Crippen LogP) is 5.04. The fourth-order valence-corrected chi connectivity index (χ4v) is 5.36. The molecule has 5 heterocycles. The normalized spacial score (nSPS) is 14.7. The summed E-state index contributed by atoms with van der Waals surface area (Å²) in [5.41, 5.74) is 4.08. The first kappa shape index (κ1) is 20.9. The van der Waals surface area contributed by atoms with Gasteiger partial charge in [-0.25, -0.2) is 9.97 Å². The monoisotopic (exact) mass is 468 g/mol. The summed E-state index contributed by atoms with van der Waals surface area (Å²) in [6, 6.07) is 18.4. The fraction of sp³-hybridized carbons (Fsp3) is 0.231. The van der Waals surface area contributed by atoms with Gasteiger partial charge >= 0.3 is 0 Å². The van der Waals surface area contributed by atoms with Crippen molar-refractivity contribution >= 4 is 27.4 Å². The van der Waals surface area contributed by atoms with Crippen molar-refractivity contribution in [3.63, 3.8) is 0 Å². The summed E-state index contributed by atoms with van der Waals surface area (Å²) in [6.45, 7) is 6.34. The Morgan fingerprint density at radius 1 is 0.971 bits per heavy atom. The summed E-state index contributed by atoms with van der Waals surface area (Å²) in [4.78, 5) is 20.3. The van der Waals surface area contributed by atoms with E-state index >= 15 is 0 Å². The molecule has 6 rings (SSSR count). The number of piperazine rings is 1. The van der Waals surface area contributed by atoms with Crippen molar-refractivity contribution in [1.29, 1.82) is 0 Å². The van der Waals surface area contributed by atoms with Gasteiger partial charge in [0.05, 0.1) is 17.6 Å². The van der Waals surface area contributed by atoms with Gasteiger partial charge in [-0.15, -0.1) is 11.3 Å². The van der Waals surface area contributed by atoms with Gasteiger partial charge in [-0.2, -0.15) is 0 Å². The van der Waals surface area contributed by atoms with Gasteiger partial charge in [0.15, 0.2) is 11.6 Å². The Labute approximate surface area is 201 Å². The minimum atomic E-state index is 0.670. The van der Waals surface area contributed by atoms with E-state index in [2.05, 4.69) is 49.6 Å². The van der Waals surface area contributed by atoms with Gasteiger partial charge in [0.1, 0.15) is 16.3 Å². The summed E-state index contributed by atoms with van der Waals surface area (Å²) in [6.07, 6.45) is 1.79. The van der Waals surface area contributed by atoms with E-state index in [0.717, 1.165) is 65.9 Å². The number of aryl methyl sites for hydroxylation is 1. The molecule has 34 heavy (non-hydrogen) atoms. The molecular formula is C26H24N6OS. The van der Waals surface area contributed by atoms with E-state index < -0.39 is 0 Å². The maximum Gasteiger partial charge on any atom is 0.181 e. The van der Waals surface area contributed by atoms with Crippen molar-refractivity contribution in [2.75, 3.05) is 31.1 Å². The number of pyridine rings is 1. The van der Waals surface area contributed by atoms with Gasteiger partial charge in [0.25, 0.3) is 0 Å². The third-order valence-electron chi connectivity index (χ3n) is 6.12. The SMILES string of the molecule is Cc1cc(CN2CCN(c3nc(-c4ccccn4)nc4scc(-c5ccccc5)c34)CC2)on1. The highest BCUT2D eigenvalue weighted by atomic mass is 32.1. The largest absolute Gasteiger partial charge is 0.360 e. The van der Waals surface area contributed by atoms with Crippen LogP contribution in [0.2, 0.25) is 0 Å². The number of hydrogen-bond acceptors (Lipinski definition) is 8. The highest BCUT2D eigenvalue weighted by molar-refractivity contribution is 7.17. The number of thiophene rings is 1. The van der Waals surface area contributed by atoms with Crippen LogP contribution in [0.1, 0.15) is 11.5 Å². The number of benzene rings is 1. The lowest BCUT2D eigenvalue weighted by molar-refractivity contribution is 0.219. The van der Waals surface area contributed by atoms with Crippen LogP contribution >= 0.6 is 11.3 Å². The van der Waals surface area contributed by atoms with Crippen LogP contribution in [0.15, 0.2) is 70.7 Å². The van der Waals surface area contributed by atoms with Crippen molar-refractivity contribution in [2.24, 2.45) is 0 Å². The van der Waals surface area contributed by atoms with Gasteiger partial charge < -0.3 is 9.42 Å². The van der Waals surface area contributed by atoms with E-state index in [1.165, 1.54) is 11.1 Å². The lowest BCUT2D eigenvalue weighted by atomic mass is 10.1. The molecule has 0 spiro atoms. The van der Waals surface area contributed by atoms with E-state index in [0.29, 0.717) is 5.82 Å². The molecule has 1 fully saturated rings. The molecule has 170 valence electrons. The number of fused-ring (bicyclic) bond motifs is 1. The molecular weight excluding hydrogens is 444 g/mol. The summed E-state index contributed by atoms with van der Waals surface area (Å²) < 4.78 is 5.42. The summed E-state index contributed by atoms with van der Waals surface area (Å²) in [7, 11) is 0. The number of aromatic nitrogens is 4. The second kappa shape index (κ2) is 8.96. The zero-order valence-corrected chi connectivity index (χ0v) is 19.7. The predicted molar refractivity (Wildman–Crippen MR) is 135 cm³/mol. The second-order valence-corrected chi connectivity index (χ2v) is 9.34. The molecule has 0 N–H and O–H groups in total. The van der Waals surface area contributed by atoms with Crippen LogP contribution in [-0.4, -0.2) is 51.2 Å². The quantitative estimate of drug-likeness (QED) is 0.358. The lowest BCUT2D eigenvalue weighted by Gasteiger charge is -2.35. The summed E-state index contributed by atoms with van der Waals surface area (Å²) in [5.74, 6) is 2.57. The minimum Gasteiger partial charge on any atom is -0.360 e. The highest BCUT2D eigenvalue weighted by Gasteiger charge is 2.24. The Balaban J connectivity index is 1.37. The first-order valence-corrected chi connectivity index (χ1v) is 12.3. The van der Waals surface area contributed by atoms with Crippen LogP contribution in [0, 0.1) is 6.92 Å². The van der Waals surface area contributed by atoms with Gasteiger partial charge in [0, 0.05) is 49.4 Å². The number of rotatable bonds is 5. The maximum absolute atomic E-state index is 5.42. The third kappa shape index (κ3) is 4.06. The van der Waals surface area contributed by atoms with Crippen LogP contribution in [0.5, 0.6) is 0 Å². The van der Waals surface area contributed by atoms with E-state index in [1.807, 2.05) is 37.3 Å². The van der Waals surface area contributed by atoms with Crippen molar-refractivity contribution in [3.8, 4) is 22.6 Å². The molecule has 1 aliphatic heterocycles. The van der Waals surface area contributed by atoms with Crippen molar-refractivity contribution < 1.29 is 4.52 Å². The molecule has 1 saturated heterocycles. The smallest absolute Gasteiger partial charge is 0.181 e. The van der Waals surface area contributed by atoms with Crippen molar-refractivity contribution in [1.82, 2.24) is 25.0 Å². The van der Waals surface area contributed by atoms with E-state index in [4.69, 9.17) is 14.5 Å². The first-order chi connectivity index (χ1) is 16.7. The Morgan fingerprint density at radius 2 is 1.79 bits per heavy atom. The number of nitrogens with zero attached hydrogens (tertiary/aromatic N) is 6. The van der Waals surface area contributed by atoms with Crippen molar-refractivity contribution in [2.45, 2.75) is 13.5 Å². The van der Waals surface area contributed by atoms with E-state index in [-0.39, 0.29) is 0 Å². The summed E-state index contributed by atoms with van der Waals surface area (Å²) >= 11 is 1.67. The molecule has 0 bridgehead atoms. The zero-order valence-electron chi connectivity index (χ0n) is 18.9. The molecule has 1 aliphatic rings. The van der Waals surface area contributed by atoms with E-state index in [1.54, 1.807) is 17.5 Å². The highest BCUT2D eigenvalue weighted by Crippen LogP contribution is 2.39. The zero-order chi connectivity index (χ0) is 22.9. The molecule has 4 aromatic heterocycles. The molecule has 5 aromatic rings. The van der Waals surface area contributed by atoms with Gasteiger partial charge in [-0.05, 0) is 24.6 Å². The average molecular weight is 469 g/mol. The molecule has 8 heteroatoms. The Kier molecular flexibility index (Phi) is 5.52. The van der Waals surface area contributed by atoms with E-state index in [9.17, 15) is 0 Å². The fourth-order valence-electron chi connectivity index (χ4n) is 4.42. The standard InChI is InChI=1S/C26H24N6OS/c1-18-15-20(33-30-18)16-31-11-13-32(14-12-31)25-23-21(19-7-3-2-4-8-19)17-34-26(23)29-24(28-25)22-9-5-6-10-27-22/h2-10,15,17H,11-14,16H2,1H3. The molecule has 1 aromatic carbocycles. The molecule has 0 aliphatic carbocycles. The lowest BCUT2D eigenvalue weighted by Crippen LogP contribution is -2.46. The molecule has 0 atom stereocenters. The van der Waals surface area contributed by atoms with Crippen LogP contribution in [0.3, 0.4) is 0 Å². The van der Waals surface area contributed by atoms with Crippen LogP contribution in [0.4, 0.5) is 5.82 Å². The molecule has 0 amide bonds. The van der Waals surface area contributed by atoms with Gasteiger partial charge in [-0.1, -0.05) is 41.6 Å². The average Bonchev–Trinajstić information content (AvgIpc) is 3.51. The van der Waals surface area contributed by atoms with Gasteiger partial charge in [-0.3, -0.25) is 9.88 Å². The number of hydrogen-bond donors (Lipinski definition) is 0. The van der Waals surface area contributed by atoms with Crippen LogP contribution in [0.25, 0.3) is 32.9 Å². The molecule has 0 radical (unpaired) electrons. The molecule has 0 saturated carbocycles. The van der Waals surface area contributed by atoms with Crippen LogP contribution < -0.4 is 4.90 Å². The molecule has 0 unspecified atom stereocenters. The summed E-state index contributed by atoms with van der Waals surface area (Å²) in [5, 5.41) is 7.33. The number of anilines is 1. The topological polar surface area (TPSA) is 71.2 Å².